The highest BCUT2D eigenvalue weighted by atomic mass is 15.3. The molecule has 0 saturated heterocycles. The molecule has 0 aliphatic carbocycles. The van der Waals surface area contributed by atoms with E-state index in [9.17, 15) is 0 Å². The summed E-state index contributed by atoms with van der Waals surface area (Å²) in [7, 11) is 0. The van der Waals surface area contributed by atoms with Crippen molar-refractivity contribution in [2.75, 3.05) is 6.54 Å². The molecule has 0 amide bonds. The fourth-order valence-electron chi connectivity index (χ4n) is 1.19. The molecule has 0 unspecified atom stereocenters. The highest BCUT2D eigenvalue weighted by Gasteiger charge is 2.05. The van der Waals surface area contributed by atoms with Crippen molar-refractivity contribution in [3.05, 3.63) is 27.4 Å². The van der Waals surface area contributed by atoms with Crippen LogP contribution < -0.4 is 0 Å². The summed E-state index contributed by atoms with van der Waals surface area (Å²) in [5.41, 5.74) is 11.5. The van der Waals surface area contributed by atoms with Crippen molar-refractivity contribution in [1.29, 1.82) is 0 Å². The first-order chi connectivity index (χ1) is 6.16. The minimum Gasteiger partial charge on any atom is -0.269 e. The number of aryl methyl sites for hydroxylation is 1. The van der Waals surface area contributed by atoms with Crippen LogP contribution in [0.2, 0.25) is 0 Å². The highest BCUT2D eigenvalue weighted by molar-refractivity contribution is 5.21. The zero-order valence-electron chi connectivity index (χ0n) is 8.15. The van der Waals surface area contributed by atoms with Crippen LogP contribution in [-0.2, 0) is 6.54 Å². The van der Waals surface area contributed by atoms with Crippen LogP contribution >= 0.6 is 0 Å². The normalized spacial score (nSPS) is 9.77. The standard InChI is InChI=1S/C8H13N5/c1-6-7(2)11-13(8(6)3)5-4-10-12-9/h4-5H2,1-3H3. The molecule has 0 saturated carbocycles. The lowest BCUT2D eigenvalue weighted by atomic mass is 10.2. The molecule has 0 radical (unpaired) electrons. The maximum absolute atomic E-state index is 8.10. The predicted molar refractivity (Wildman–Crippen MR) is 50.5 cm³/mol. The summed E-state index contributed by atoms with van der Waals surface area (Å²) in [5, 5.41) is 7.78. The number of nitrogens with zero attached hydrogens (tertiary/aromatic N) is 5. The molecule has 0 aliphatic rings. The number of azide groups is 1. The third-order valence-electron chi connectivity index (χ3n) is 2.22. The Bertz CT molecular complexity index is 346. The van der Waals surface area contributed by atoms with E-state index in [0.717, 1.165) is 11.4 Å². The van der Waals surface area contributed by atoms with E-state index in [2.05, 4.69) is 15.1 Å². The minimum absolute atomic E-state index is 0.456. The Balaban J connectivity index is 2.77. The monoisotopic (exact) mass is 179 g/mol. The summed E-state index contributed by atoms with van der Waals surface area (Å²) in [6, 6.07) is 0. The predicted octanol–water partition coefficient (Wildman–Crippen LogP) is 2.12. The Morgan fingerprint density at radius 2 is 2.15 bits per heavy atom. The van der Waals surface area contributed by atoms with Crippen LogP contribution in [0, 0.1) is 20.8 Å². The summed E-state index contributed by atoms with van der Waals surface area (Å²) in [6.07, 6.45) is 0. The number of rotatable bonds is 3. The van der Waals surface area contributed by atoms with Crippen LogP contribution in [0.25, 0.3) is 10.4 Å². The van der Waals surface area contributed by atoms with Crippen LogP contribution in [0.1, 0.15) is 17.0 Å². The van der Waals surface area contributed by atoms with E-state index >= 15 is 0 Å². The lowest BCUT2D eigenvalue weighted by Gasteiger charge is -2.00. The van der Waals surface area contributed by atoms with Crippen molar-refractivity contribution in [3.8, 4) is 0 Å². The van der Waals surface area contributed by atoms with E-state index in [1.54, 1.807) is 0 Å². The average Bonchev–Trinajstić information content (AvgIpc) is 2.34. The smallest absolute Gasteiger partial charge is 0.0625 e. The molecular weight excluding hydrogens is 166 g/mol. The van der Waals surface area contributed by atoms with Gasteiger partial charge in [-0.25, -0.2) is 0 Å². The van der Waals surface area contributed by atoms with Gasteiger partial charge < -0.3 is 0 Å². The van der Waals surface area contributed by atoms with E-state index in [4.69, 9.17) is 5.53 Å². The molecule has 0 atom stereocenters. The Morgan fingerprint density at radius 1 is 1.46 bits per heavy atom. The van der Waals surface area contributed by atoms with Gasteiger partial charge in [0.15, 0.2) is 0 Å². The first-order valence-corrected chi connectivity index (χ1v) is 4.18. The maximum atomic E-state index is 8.10. The van der Waals surface area contributed by atoms with Crippen molar-refractivity contribution in [2.24, 2.45) is 5.11 Å². The van der Waals surface area contributed by atoms with E-state index in [1.165, 1.54) is 5.56 Å². The van der Waals surface area contributed by atoms with Gasteiger partial charge in [-0.1, -0.05) is 5.11 Å². The molecule has 0 bridgehead atoms. The molecule has 13 heavy (non-hydrogen) atoms. The van der Waals surface area contributed by atoms with Crippen molar-refractivity contribution >= 4 is 0 Å². The van der Waals surface area contributed by atoms with Gasteiger partial charge in [0.2, 0.25) is 0 Å². The molecular formula is C8H13N5. The Hall–Kier alpha value is -1.48. The van der Waals surface area contributed by atoms with E-state index in [-0.39, 0.29) is 0 Å². The fourth-order valence-corrected chi connectivity index (χ4v) is 1.19. The lowest BCUT2D eigenvalue weighted by Crippen LogP contribution is -2.04. The van der Waals surface area contributed by atoms with Gasteiger partial charge in [-0.2, -0.15) is 5.10 Å². The SMILES string of the molecule is Cc1nn(CCN=[N+]=[N-])c(C)c1C. The fraction of sp³-hybridized carbons (Fsp3) is 0.625. The second-order valence-electron chi connectivity index (χ2n) is 2.97. The quantitative estimate of drug-likeness (QED) is 0.398. The van der Waals surface area contributed by atoms with E-state index < -0.39 is 0 Å². The third kappa shape index (κ3) is 2.00. The molecule has 1 heterocycles. The van der Waals surface area contributed by atoms with Crippen LogP contribution in [-0.4, -0.2) is 16.3 Å². The first-order valence-electron chi connectivity index (χ1n) is 4.18. The maximum Gasteiger partial charge on any atom is 0.0625 e. The zero-order chi connectivity index (χ0) is 9.84. The van der Waals surface area contributed by atoms with Crippen molar-refractivity contribution in [3.63, 3.8) is 0 Å². The van der Waals surface area contributed by atoms with Gasteiger partial charge in [0.1, 0.15) is 0 Å². The Kier molecular flexibility index (Phi) is 2.93. The van der Waals surface area contributed by atoms with Crippen molar-refractivity contribution < 1.29 is 0 Å². The molecule has 1 rings (SSSR count). The molecule has 5 nitrogen and oxygen atoms in total. The van der Waals surface area contributed by atoms with Crippen molar-refractivity contribution in [2.45, 2.75) is 27.3 Å². The second kappa shape index (κ2) is 3.96. The molecule has 0 N–H and O–H groups in total. The number of hydrogen-bond donors (Lipinski definition) is 0. The van der Waals surface area contributed by atoms with Gasteiger partial charge in [0, 0.05) is 23.7 Å². The van der Waals surface area contributed by atoms with Crippen LogP contribution in [0.15, 0.2) is 5.11 Å². The van der Waals surface area contributed by atoms with Gasteiger partial charge >= 0.3 is 0 Å². The zero-order valence-corrected chi connectivity index (χ0v) is 8.15. The van der Waals surface area contributed by atoms with Gasteiger partial charge in [-0.15, -0.1) is 0 Å². The largest absolute Gasteiger partial charge is 0.269 e. The lowest BCUT2D eigenvalue weighted by molar-refractivity contribution is 0.602. The van der Waals surface area contributed by atoms with E-state index in [1.807, 2.05) is 25.5 Å². The van der Waals surface area contributed by atoms with Gasteiger partial charge in [0.25, 0.3) is 0 Å². The molecule has 1 aromatic heterocycles. The molecule has 70 valence electrons. The molecule has 1 aromatic rings. The summed E-state index contributed by atoms with van der Waals surface area (Å²) < 4.78 is 1.87. The molecule has 0 aliphatic heterocycles. The number of aromatic nitrogens is 2. The minimum atomic E-state index is 0.456. The summed E-state index contributed by atoms with van der Waals surface area (Å²) >= 11 is 0. The molecule has 0 fully saturated rings. The van der Waals surface area contributed by atoms with Gasteiger partial charge in [0.05, 0.1) is 5.69 Å². The summed E-state index contributed by atoms with van der Waals surface area (Å²) in [5.74, 6) is 0. The Morgan fingerprint density at radius 3 is 2.62 bits per heavy atom. The first kappa shape index (κ1) is 9.61. The molecule has 5 heteroatoms. The highest BCUT2D eigenvalue weighted by Crippen LogP contribution is 2.10. The van der Waals surface area contributed by atoms with E-state index in [0.29, 0.717) is 13.1 Å². The van der Waals surface area contributed by atoms with Crippen molar-refractivity contribution in [1.82, 2.24) is 9.78 Å². The summed E-state index contributed by atoms with van der Waals surface area (Å²) in [4.78, 5) is 2.69. The second-order valence-corrected chi connectivity index (χ2v) is 2.97. The van der Waals surface area contributed by atoms with Gasteiger partial charge in [-0.05, 0) is 31.9 Å². The van der Waals surface area contributed by atoms with Crippen LogP contribution in [0.5, 0.6) is 0 Å². The molecule has 0 aromatic carbocycles. The Labute approximate surface area is 77.0 Å². The topological polar surface area (TPSA) is 66.6 Å². The third-order valence-corrected chi connectivity index (χ3v) is 2.22. The van der Waals surface area contributed by atoms with Crippen LogP contribution in [0.3, 0.4) is 0 Å². The average molecular weight is 179 g/mol. The summed E-state index contributed by atoms with van der Waals surface area (Å²) in [6.45, 7) is 7.15. The molecule has 0 spiro atoms. The van der Waals surface area contributed by atoms with Crippen LogP contribution in [0.4, 0.5) is 0 Å². The number of hydrogen-bond acceptors (Lipinski definition) is 2. The van der Waals surface area contributed by atoms with Gasteiger partial charge in [-0.3, -0.25) is 4.68 Å².